The molecule has 3 atom stereocenters. The summed E-state index contributed by atoms with van der Waals surface area (Å²) in [5, 5.41) is 0. The summed E-state index contributed by atoms with van der Waals surface area (Å²) in [6.45, 7) is 6.04. The number of fused-ring (bicyclic) bond motifs is 1. The molecule has 1 aliphatic carbocycles. The summed E-state index contributed by atoms with van der Waals surface area (Å²) in [7, 11) is 2.18. The van der Waals surface area contributed by atoms with E-state index in [1.807, 2.05) is 0 Å². The molecule has 4 rings (SSSR count). The zero-order chi connectivity index (χ0) is 11.6. The van der Waals surface area contributed by atoms with Crippen molar-refractivity contribution in [3.8, 4) is 0 Å². The van der Waals surface area contributed by atoms with Crippen LogP contribution in [0.4, 0.5) is 0 Å². The maximum absolute atomic E-state index is 12.3. The molecule has 3 saturated heterocycles. The molecule has 4 nitrogen and oxygen atoms in total. The third-order valence-corrected chi connectivity index (χ3v) is 5.23. The molecule has 4 fully saturated rings. The van der Waals surface area contributed by atoms with Crippen LogP contribution in [0.3, 0.4) is 0 Å². The van der Waals surface area contributed by atoms with Crippen molar-refractivity contribution in [2.24, 2.45) is 23.2 Å². The molecule has 3 aliphatic heterocycles. The fourth-order valence-electron chi connectivity index (χ4n) is 4.15. The second-order valence-electron chi connectivity index (χ2n) is 6.57. The van der Waals surface area contributed by atoms with Crippen LogP contribution in [-0.2, 0) is 9.53 Å². The van der Waals surface area contributed by atoms with Gasteiger partial charge >= 0.3 is 0 Å². The van der Waals surface area contributed by atoms with E-state index in [1.165, 1.54) is 19.5 Å². The minimum absolute atomic E-state index is 0.320. The summed E-state index contributed by atoms with van der Waals surface area (Å²) in [5.74, 6) is 1.86. The van der Waals surface area contributed by atoms with Crippen molar-refractivity contribution in [1.82, 2.24) is 9.80 Å². The molecule has 1 amide bonds. The second-order valence-corrected chi connectivity index (χ2v) is 6.57. The maximum Gasteiger partial charge on any atom is 0.226 e. The van der Waals surface area contributed by atoms with Crippen LogP contribution in [0, 0.1) is 23.2 Å². The lowest BCUT2D eigenvalue weighted by Gasteiger charge is -2.48. The van der Waals surface area contributed by atoms with Gasteiger partial charge in [0.05, 0.1) is 13.2 Å². The highest BCUT2D eigenvalue weighted by molar-refractivity contribution is 5.83. The fourth-order valence-corrected chi connectivity index (χ4v) is 4.15. The van der Waals surface area contributed by atoms with Crippen LogP contribution in [-0.4, -0.2) is 62.1 Å². The lowest BCUT2D eigenvalue weighted by Crippen LogP contribution is -2.60. The molecule has 4 heteroatoms. The fraction of sp³-hybridized carbons (Fsp3) is 0.923. The Balaban J connectivity index is 1.35. The number of amides is 1. The SMILES string of the molecule is CN1CCC2(C1)CN(C(=O)C1[C@H]3COC[C@@H]13)C2. The topological polar surface area (TPSA) is 32.8 Å². The van der Waals surface area contributed by atoms with Crippen LogP contribution >= 0.6 is 0 Å². The molecule has 3 heterocycles. The van der Waals surface area contributed by atoms with Gasteiger partial charge in [-0.15, -0.1) is 0 Å². The molecule has 0 aromatic carbocycles. The number of hydrogen-bond donors (Lipinski definition) is 0. The second kappa shape index (κ2) is 3.23. The Morgan fingerprint density at radius 2 is 1.94 bits per heavy atom. The Hall–Kier alpha value is -0.610. The number of carbonyl (C=O) groups excluding carboxylic acids is 1. The van der Waals surface area contributed by atoms with Gasteiger partial charge in [0.25, 0.3) is 0 Å². The predicted octanol–water partition coefficient (Wildman–Crippen LogP) is 0.0429. The quantitative estimate of drug-likeness (QED) is 0.644. The standard InChI is InChI=1S/C13H20N2O2/c1-14-3-2-13(6-14)7-15(8-13)12(16)11-9-4-17-5-10(9)11/h9-11H,2-8H2,1H3/t9-,10+,11?. The molecule has 4 aliphatic rings. The summed E-state index contributed by atoms with van der Waals surface area (Å²) in [6, 6.07) is 0. The van der Waals surface area contributed by atoms with Crippen LogP contribution in [0.5, 0.6) is 0 Å². The first-order chi connectivity index (χ1) is 8.19. The lowest BCUT2D eigenvalue weighted by atomic mass is 9.79. The van der Waals surface area contributed by atoms with E-state index < -0.39 is 0 Å². The number of rotatable bonds is 1. The Kier molecular flexibility index (Phi) is 1.96. The van der Waals surface area contributed by atoms with Gasteiger partial charge in [-0.1, -0.05) is 0 Å². The molecule has 1 saturated carbocycles. The highest BCUT2D eigenvalue weighted by Crippen LogP contribution is 2.53. The molecule has 1 spiro atoms. The molecular formula is C13H20N2O2. The highest BCUT2D eigenvalue weighted by atomic mass is 16.5. The Bertz CT molecular complexity index is 354. The Morgan fingerprint density at radius 1 is 1.24 bits per heavy atom. The molecule has 0 aromatic rings. The minimum atomic E-state index is 0.320. The Labute approximate surface area is 102 Å². The number of likely N-dealkylation sites (tertiary alicyclic amines) is 2. The molecule has 1 unspecified atom stereocenters. The van der Waals surface area contributed by atoms with Gasteiger partial charge in [0.2, 0.25) is 5.91 Å². The average molecular weight is 236 g/mol. The normalized spacial score (nSPS) is 42.6. The van der Waals surface area contributed by atoms with Crippen LogP contribution < -0.4 is 0 Å². The van der Waals surface area contributed by atoms with Crippen molar-refractivity contribution < 1.29 is 9.53 Å². The first-order valence-electron chi connectivity index (χ1n) is 6.74. The van der Waals surface area contributed by atoms with E-state index >= 15 is 0 Å². The van der Waals surface area contributed by atoms with E-state index in [2.05, 4.69) is 16.8 Å². The first kappa shape index (κ1) is 10.3. The van der Waals surface area contributed by atoms with E-state index in [-0.39, 0.29) is 0 Å². The number of hydrogen-bond acceptors (Lipinski definition) is 3. The van der Waals surface area contributed by atoms with E-state index in [1.54, 1.807) is 0 Å². The molecule has 0 N–H and O–H groups in total. The largest absolute Gasteiger partial charge is 0.381 e. The predicted molar refractivity (Wildman–Crippen MR) is 62.4 cm³/mol. The third kappa shape index (κ3) is 1.40. The van der Waals surface area contributed by atoms with Crippen LogP contribution in [0.25, 0.3) is 0 Å². The zero-order valence-electron chi connectivity index (χ0n) is 10.4. The summed E-state index contributed by atoms with van der Waals surface area (Å²) < 4.78 is 5.35. The third-order valence-electron chi connectivity index (χ3n) is 5.23. The number of carbonyl (C=O) groups is 1. The molecule has 0 aromatic heterocycles. The van der Waals surface area contributed by atoms with Crippen molar-refractivity contribution in [2.45, 2.75) is 6.42 Å². The smallest absolute Gasteiger partial charge is 0.226 e. The van der Waals surface area contributed by atoms with Gasteiger partial charge < -0.3 is 14.5 Å². The number of nitrogens with zero attached hydrogens (tertiary/aromatic N) is 2. The van der Waals surface area contributed by atoms with Crippen LogP contribution in [0.1, 0.15) is 6.42 Å². The summed E-state index contributed by atoms with van der Waals surface area (Å²) in [6.07, 6.45) is 1.27. The van der Waals surface area contributed by atoms with Gasteiger partial charge in [-0.05, 0) is 31.8 Å². The summed E-state index contributed by atoms with van der Waals surface area (Å²) >= 11 is 0. The first-order valence-corrected chi connectivity index (χ1v) is 6.74. The highest BCUT2D eigenvalue weighted by Gasteiger charge is 2.61. The van der Waals surface area contributed by atoms with Crippen LogP contribution in [0.15, 0.2) is 0 Å². The van der Waals surface area contributed by atoms with Gasteiger partial charge in [0, 0.05) is 31.0 Å². The van der Waals surface area contributed by atoms with Gasteiger partial charge in [0.1, 0.15) is 0 Å². The van der Waals surface area contributed by atoms with E-state index in [0.29, 0.717) is 29.1 Å². The van der Waals surface area contributed by atoms with Gasteiger partial charge in [0.15, 0.2) is 0 Å². The molecular weight excluding hydrogens is 216 g/mol. The molecule has 0 bridgehead atoms. The molecule has 94 valence electrons. The molecule has 17 heavy (non-hydrogen) atoms. The summed E-state index contributed by atoms with van der Waals surface area (Å²) in [5.41, 5.74) is 0.449. The van der Waals surface area contributed by atoms with E-state index in [9.17, 15) is 4.79 Å². The van der Waals surface area contributed by atoms with Gasteiger partial charge in [-0.3, -0.25) is 4.79 Å². The minimum Gasteiger partial charge on any atom is -0.381 e. The van der Waals surface area contributed by atoms with Crippen molar-refractivity contribution in [1.29, 1.82) is 0 Å². The maximum atomic E-state index is 12.3. The Morgan fingerprint density at radius 3 is 2.53 bits per heavy atom. The summed E-state index contributed by atoms with van der Waals surface area (Å²) in [4.78, 5) is 16.8. The lowest BCUT2D eigenvalue weighted by molar-refractivity contribution is -0.145. The monoisotopic (exact) mass is 236 g/mol. The van der Waals surface area contributed by atoms with Crippen molar-refractivity contribution in [3.05, 3.63) is 0 Å². The average Bonchev–Trinajstić information content (AvgIpc) is 2.66. The molecule has 0 radical (unpaired) electrons. The zero-order valence-corrected chi connectivity index (χ0v) is 10.4. The number of ether oxygens (including phenoxy) is 1. The van der Waals surface area contributed by atoms with E-state index in [0.717, 1.165) is 26.3 Å². The van der Waals surface area contributed by atoms with Gasteiger partial charge in [-0.2, -0.15) is 0 Å². The van der Waals surface area contributed by atoms with Crippen molar-refractivity contribution in [3.63, 3.8) is 0 Å². The van der Waals surface area contributed by atoms with Crippen molar-refractivity contribution in [2.75, 3.05) is 46.4 Å². The van der Waals surface area contributed by atoms with Crippen LogP contribution in [0.2, 0.25) is 0 Å². The van der Waals surface area contributed by atoms with Crippen molar-refractivity contribution >= 4 is 5.91 Å². The van der Waals surface area contributed by atoms with Gasteiger partial charge in [-0.25, -0.2) is 0 Å². The van der Waals surface area contributed by atoms with E-state index in [4.69, 9.17) is 4.74 Å².